The van der Waals surface area contributed by atoms with Gasteiger partial charge in [-0.1, -0.05) is 24.3 Å². The molecule has 3 heterocycles. The highest BCUT2D eigenvalue weighted by molar-refractivity contribution is 7.18. The van der Waals surface area contributed by atoms with Crippen molar-refractivity contribution in [3.05, 3.63) is 59.2 Å². The van der Waals surface area contributed by atoms with Crippen LogP contribution in [0.1, 0.15) is 54.9 Å². The van der Waals surface area contributed by atoms with Crippen molar-refractivity contribution in [3.8, 4) is 21.7 Å². The number of alkyl halides is 3. The van der Waals surface area contributed by atoms with Crippen LogP contribution in [0.15, 0.2) is 48.7 Å². The maximum atomic E-state index is 13.6. The van der Waals surface area contributed by atoms with Gasteiger partial charge >= 0.3 is 12.1 Å². The second kappa shape index (κ2) is 10.7. The number of hydrogen-bond donors (Lipinski definition) is 1. The Morgan fingerprint density at radius 1 is 1.05 bits per heavy atom. The number of fused-ring (bicyclic) bond motifs is 1. The summed E-state index contributed by atoms with van der Waals surface area (Å²) in [4.78, 5) is 32.4. The fraction of sp³-hybridized carbons (Fsp3) is 0.379. The Hall–Kier alpha value is -3.73. The third-order valence-corrected chi connectivity index (χ3v) is 8.55. The molecule has 0 bridgehead atoms. The van der Waals surface area contributed by atoms with E-state index in [2.05, 4.69) is 10.1 Å². The fourth-order valence-corrected chi connectivity index (χ4v) is 6.29. The number of aromatic nitrogens is 3. The van der Waals surface area contributed by atoms with E-state index in [9.17, 15) is 27.9 Å². The van der Waals surface area contributed by atoms with E-state index < -0.39 is 24.0 Å². The summed E-state index contributed by atoms with van der Waals surface area (Å²) in [6.45, 7) is 5.47. The Kier molecular flexibility index (Phi) is 7.43. The molecule has 40 heavy (non-hydrogen) atoms. The first-order valence-electron chi connectivity index (χ1n) is 13.1. The molecule has 1 saturated carbocycles. The molecule has 1 aromatic carbocycles. The summed E-state index contributed by atoms with van der Waals surface area (Å²) in [6.07, 6.45) is -2.35. The molecule has 1 N–H and O–H groups in total. The van der Waals surface area contributed by atoms with Crippen LogP contribution in [0.2, 0.25) is 0 Å². The molecule has 0 atom stereocenters. The van der Waals surface area contributed by atoms with Gasteiger partial charge in [-0.3, -0.25) is 4.79 Å². The fourth-order valence-electron chi connectivity index (χ4n) is 5.29. The van der Waals surface area contributed by atoms with Crippen LogP contribution in [0.5, 0.6) is 0 Å². The first-order chi connectivity index (χ1) is 18.9. The van der Waals surface area contributed by atoms with Crippen molar-refractivity contribution in [2.45, 2.75) is 58.7 Å². The van der Waals surface area contributed by atoms with E-state index in [-0.39, 0.29) is 48.2 Å². The van der Waals surface area contributed by atoms with Gasteiger partial charge in [-0.2, -0.15) is 18.3 Å². The number of carboxylic acid groups (broad SMARTS) is 1. The maximum absolute atomic E-state index is 13.6. The van der Waals surface area contributed by atoms with Gasteiger partial charge in [-0.25, -0.2) is 14.3 Å². The van der Waals surface area contributed by atoms with E-state index in [0.717, 1.165) is 39.5 Å². The Bertz CT molecular complexity index is 1550. The van der Waals surface area contributed by atoms with Crippen molar-refractivity contribution in [1.82, 2.24) is 14.6 Å². The molecule has 210 valence electrons. The zero-order valence-electron chi connectivity index (χ0n) is 22.3. The first kappa shape index (κ1) is 27.8. The maximum Gasteiger partial charge on any atom is 0.391 e. The quantitative estimate of drug-likeness (QED) is 0.264. The third-order valence-electron chi connectivity index (χ3n) is 7.39. The summed E-state index contributed by atoms with van der Waals surface area (Å²) in [5, 5.41) is 14.6. The molecule has 4 aromatic rings. The summed E-state index contributed by atoms with van der Waals surface area (Å²) >= 11 is 1.07. The highest BCUT2D eigenvalue weighted by atomic mass is 32.1. The van der Waals surface area contributed by atoms with Crippen LogP contribution in [0.25, 0.3) is 27.3 Å². The summed E-state index contributed by atoms with van der Waals surface area (Å²) in [5.74, 6) is -3.45. The number of amides is 1. The van der Waals surface area contributed by atoms with Gasteiger partial charge in [0.2, 0.25) is 5.91 Å². The van der Waals surface area contributed by atoms with Crippen LogP contribution in [0, 0.1) is 18.8 Å². The molecule has 0 aliphatic heterocycles. The molecule has 1 aliphatic rings. The van der Waals surface area contributed by atoms with Crippen LogP contribution < -0.4 is 4.90 Å². The number of carbonyl (C=O) groups is 2. The van der Waals surface area contributed by atoms with Crippen LogP contribution in [-0.2, 0) is 4.79 Å². The lowest BCUT2D eigenvalue weighted by molar-refractivity contribution is -0.184. The summed E-state index contributed by atoms with van der Waals surface area (Å²) in [5.41, 5.74) is 4.30. The van der Waals surface area contributed by atoms with Crippen LogP contribution in [-0.4, -0.2) is 43.8 Å². The first-order valence-corrected chi connectivity index (χ1v) is 13.9. The van der Waals surface area contributed by atoms with Gasteiger partial charge in [0, 0.05) is 40.4 Å². The lowest BCUT2D eigenvalue weighted by Gasteiger charge is -2.34. The van der Waals surface area contributed by atoms with Gasteiger partial charge in [-0.15, -0.1) is 11.3 Å². The Morgan fingerprint density at radius 2 is 1.70 bits per heavy atom. The zero-order chi connectivity index (χ0) is 28.8. The minimum atomic E-state index is -4.26. The molecule has 1 fully saturated rings. The second-order valence-electron chi connectivity index (χ2n) is 10.5. The van der Waals surface area contributed by atoms with Gasteiger partial charge in [0.05, 0.1) is 17.3 Å². The summed E-state index contributed by atoms with van der Waals surface area (Å²) < 4.78 is 41.1. The Labute approximate surface area is 233 Å². The van der Waals surface area contributed by atoms with E-state index in [4.69, 9.17) is 0 Å². The molecular formula is C29H29F3N4O3S. The zero-order valence-corrected chi connectivity index (χ0v) is 23.1. The number of carboxylic acids is 1. The molecule has 7 nitrogen and oxygen atoms in total. The molecule has 0 saturated heterocycles. The average Bonchev–Trinajstić information content (AvgIpc) is 3.53. The molecule has 5 rings (SSSR count). The number of hydrogen-bond acceptors (Lipinski definition) is 5. The van der Waals surface area contributed by atoms with Crippen LogP contribution in [0.3, 0.4) is 0 Å². The van der Waals surface area contributed by atoms with Crippen molar-refractivity contribution >= 4 is 34.5 Å². The lowest BCUT2D eigenvalue weighted by Crippen LogP contribution is -2.43. The summed E-state index contributed by atoms with van der Waals surface area (Å²) in [6, 6.07) is 12.6. The number of thiophene rings is 1. The third kappa shape index (κ3) is 5.47. The molecule has 0 radical (unpaired) electrons. The largest absolute Gasteiger partial charge is 0.477 e. The van der Waals surface area contributed by atoms with E-state index in [1.54, 1.807) is 24.4 Å². The van der Waals surface area contributed by atoms with Crippen molar-refractivity contribution < 1.29 is 27.9 Å². The number of anilines is 1. The predicted octanol–water partition coefficient (Wildman–Crippen LogP) is 7.24. The highest BCUT2D eigenvalue weighted by Crippen LogP contribution is 2.43. The van der Waals surface area contributed by atoms with Crippen LogP contribution in [0.4, 0.5) is 18.9 Å². The normalized spacial score (nSPS) is 17.9. The SMILES string of the molecule is Cc1ccn2nc(-c3ccc(-c4cc(N(C(=O)C5CCC(C(F)(F)F)CC5)C(C)C)c(C(=O)O)s4)cc3)cc2n1. The number of nitrogens with zero attached hydrogens (tertiary/aromatic N) is 4. The number of halogens is 3. The number of benzene rings is 1. The number of aromatic carboxylic acids is 1. The van der Waals surface area contributed by atoms with Crippen LogP contribution >= 0.6 is 11.3 Å². The topological polar surface area (TPSA) is 87.8 Å². The molecule has 0 spiro atoms. The minimum Gasteiger partial charge on any atom is -0.477 e. The van der Waals surface area contributed by atoms with E-state index in [1.807, 2.05) is 49.5 Å². The molecule has 1 amide bonds. The van der Waals surface area contributed by atoms with Gasteiger partial charge in [0.15, 0.2) is 5.65 Å². The number of rotatable bonds is 6. The molecule has 3 aromatic heterocycles. The van der Waals surface area contributed by atoms with E-state index in [1.165, 1.54) is 4.90 Å². The molecule has 0 unspecified atom stereocenters. The van der Waals surface area contributed by atoms with Gasteiger partial charge in [-0.05, 0) is 64.2 Å². The summed E-state index contributed by atoms with van der Waals surface area (Å²) in [7, 11) is 0. The second-order valence-corrected chi connectivity index (χ2v) is 11.6. The lowest BCUT2D eigenvalue weighted by atomic mass is 9.81. The monoisotopic (exact) mass is 570 g/mol. The number of carbonyl (C=O) groups excluding carboxylic acids is 1. The minimum absolute atomic E-state index is 0.0203. The Balaban J connectivity index is 1.42. The average molecular weight is 571 g/mol. The van der Waals surface area contributed by atoms with Crippen molar-refractivity contribution in [2.24, 2.45) is 11.8 Å². The number of aryl methyl sites for hydroxylation is 1. The molecule has 11 heteroatoms. The Morgan fingerprint density at radius 3 is 2.30 bits per heavy atom. The van der Waals surface area contributed by atoms with Crippen molar-refractivity contribution in [3.63, 3.8) is 0 Å². The van der Waals surface area contributed by atoms with E-state index in [0.29, 0.717) is 4.88 Å². The van der Waals surface area contributed by atoms with Gasteiger partial charge in [0.1, 0.15) is 4.88 Å². The van der Waals surface area contributed by atoms with Crippen molar-refractivity contribution in [1.29, 1.82) is 0 Å². The highest BCUT2D eigenvalue weighted by Gasteiger charge is 2.43. The van der Waals surface area contributed by atoms with Gasteiger partial charge < -0.3 is 10.0 Å². The van der Waals surface area contributed by atoms with Gasteiger partial charge in [0.25, 0.3) is 0 Å². The molecule has 1 aliphatic carbocycles. The smallest absolute Gasteiger partial charge is 0.391 e. The predicted molar refractivity (Wildman–Crippen MR) is 148 cm³/mol. The molecular weight excluding hydrogens is 541 g/mol. The van der Waals surface area contributed by atoms with Crippen molar-refractivity contribution in [2.75, 3.05) is 4.90 Å². The standard InChI is InChI=1S/C29H29F3N4O3S/c1-16(2)36(27(37)20-8-10-21(11-9-20)29(30,31)32)23-15-24(40-26(23)28(38)39)19-6-4-18(5-7-19)22-14-25-33-17(3)12-13-35(25)34-22/h4-7,12-16,20-21H,8-11H2,1-3H3,(H,38,39). The van der Waals surface area contributed by atoms with E-state index >= 15 is 0 Å².